The molecule has 1 atom stereocenters. The second-order valence-corrected chi connectivity index (χ2v) is 3.57. The lowest BCUT2D eigenvalue weighted by molar-refractivity contribution is -0.147. The van der Waals surface area contributed by atoms with Crippen molar-refractivity contribution < 1.29 is 19.1 Å². The van der Waals surface area contributed by atoms with Crippen molar-refractivity contribution in [2.75, 3.05) is 7.11 Å². The summed E-state index contributed by atoms with van der Waals surface area (Å²) in [5.41, 5.74) is 5.87. The maximum atomic E-state index is 11.1. The SMILES string of the molecule is COC(=O)C(C)Oc1ccc(CC(N)=O)cc1. The number of benzene rings is 1. The molecular formula is C12H15NO4. The molecule has 1 amide bonds. The summed E-state index contributed by atoms with van der Waals surface area (Å²) < 4.78 is 9.87. The van der Waals surface area contributed by atoms with Gasteiger partial charge >= 0.3 is 5.97 Å². The second kappa shape index (κ2) is 5.89. The van der Waals surface area contributed by atoms with Gasteiger partial charge in [0.2, 0.25) is 5.91 Å². The summed E-state index contributed by atoms with van der Waals surface area (Å²) in [6.45, 7) is 1.60. The van der Waals surface area contributed by atoms with E-state index in [0.717, 1.165) is 5.56 Å². The van der Waals surface area contributed by atoms with Crippen LogP contribution >= 0.6 is 0 Å². The zero-order chi connectivity index (χ0) is 12.8. The van der Waals surface area contributed by atoms with Gasteiger partial charge in [0.15, 0.2) is 6.10 Å². The smallest absolute Gasteiger partial charge is 0.346 e. The zero-order valence-corrected chi connectivity index (χ0v) is 9.80. The van der Waals surface area contributed by atoms with E-state index in [9.17, 15) is 9.59 Å². The molecule has 1 aromatic carbocycles. The van der Waals surface area contributed by atoms with Crippen molar-refractivity contribution in [1.29, 1.82) is 0 Å². The summed E-state index contributed by atoms with van der Waals surface area (Å²) in [6.07, 6.45) is -0.477. The summed E-state index contributed by atoms with van der Waals surface area (Å²) in [5.74, 6) is -0.288. The van der Waals surface area contributed by atoms with E-state index in [1.165, 1.54) is 7.11 Å². The zero-order valence-electron chi connectivity index (χ0n) is 9.80. The summed E-state index contributed by atoms with van der Waals surface area (Å²) in [6, 6.07) is 6.81. The normalized spacial score (nSPS) is 11.6. The molecule has 2 N–H and O–H groups in total. The van der Waals surface area contributed by atoms with E-state index in [0.29, 0.717) is 5.75 Å². The van der Waals surface area contributed by atoms with Crippen LogP contribution in [0.4, 0.5) is 0 Å². The predicted octanol–water partition coefficient (Wildman–Crippen LogP) is 0.655. The first-order chi connectivity index (χ1) is 8.02. The first-order valence-electron chi connectivity index (χ1n) is 5.14. The van der Waals surface area contributed by atoms with Crippen LogP contribution in [0.5, 0.6) is 5.75 Å². The van der Waals surface area contributed by atoms with Crippen LogP contribution in [0, 0.1) is 0 Å². The molecule has 0 heterocycles. The van der Waals surface area contributed by atoms with E-state index >= 15 is 0 Å². The van der Waals surface area contributed by atoms with E-state index in [1.54, 1.807) is 31.2 Å². The molecule has 0 bridgehead atoms. The predicted molar refractivity (Wildman–Crippen MR) is 61.4 cm³/mol. The molecule has 5 heteroatoms. The van der Waals surface area contributed by atoms with E-state index in [-0.39, 0.29) is 12.3 Å². The van der Waals surface area contributed by atoms with Crippen molar-refractivity contribution in [2.24, 2.45) is 5.73 Å². The molecular weight excluding hydrogens is 222 g/mol. The lowest BCUT2D eigenvalue weighted by atomic mass is 10.1. The van der Waals surface area contributed by atoms with Gasteiger partial charge in [0.05, 0.1) is 13.5 Å². The number of methoxy groups -OCH3 is 1. The fourth-order valence-electron chi connectivity index (χ4n) is 1.31. The Hall–Kier alpha value is -2.04. The number of nitrogens with two attached hydrogens (primary N) is 1. The van der Waals surface area contributed by atoms with Gasteiger partial charge < -0.3 is 15.2 Å². The number of hydrogen-bond acceptors (Lipinski definition) is 4. The van der Waals surface area contributed by atoms with Crippen LogP contribution in [0.25, 0.3) is 0 Å². The summed E-state index contributed by atoms with van der Waals surface area (Å²) in [5, 5.41) is 0. The third kappa shape index (κ3) is 4.14. The lowest BCUT2D eigenvalue weighted by Gasteiger charge is -2.12. The average Bonchev–Trinajstić information content (AvgIpc) is 2.30. The standard InChI is InChI=1S/C12H15NO4/c1-8(12(15)16-2)17-10-5-3-9(4-6-10)7-11(13)14/h3-6,8H,7H2,1-2H3,(H2,13,14). The molecule has 17 heavy (non-hydrogen) atoms. The number of esters is 1. The Morgan fingerprint density at radius 3 is 2.35 bits per heavy atom. The lowest BCUT2D eigenvalue weighted by Crippen LogP contribution is -2.24. The van der Waals surface area contributed by atoms with Gasteiger partial charge in [0, 0.05) is 0 Å². The fourth-order valence-corrected chi connectivity index (χ4v) is 1.31. The van der Waals surface area contributed by atoms with Gasteiger partial charge in [-0.15, -0.1) is 0 Å². The molecule has 0 saturated heterocycles. The molecule has 0 aliphatic heterocycles. The Bertz CT molecular complexity index is 399. The fraction of sp³-hybridized carbons (Fsp3) is 0.333. The van der Waals surface area contributed by atoms with Gasteiger partial charge in [-0.2, -0.15) is 0 Å². The number of ether oxygens (including phenoxy) is 2. The number of rotatable bonds is 5. The number of amides is 1. The maximum Gasteiger partial charge on any atom is 0.346 e. The van der Waals surface area contributed by atoms with Crippen LogP contribution in [0.1, 0.15) is 12.5 Å². The molecule has 5 nitrogen and oxygen atoms in total. The van der Waals surface area contributed by atoms with E-state index in [4.69, 9.17) is 10.5 Å². The van der Waals surface area contributed by atoms with Gasteiger partial charge in [0.1, 0.15) is 5.75 Å². The van der Waals surface area contributed by atoms with Crippen LogP contribution in [-0.2, 0) is 20.7 Å². The molecule has 1 rings (SSSR count). The molecule has 0 aliphatic carbocycles. The Balaban J connectivity index is 2.62. The Kier molecular flexibility index (Phi) is 4.51. The Morgan fingerprint density at radius 2 is 1.88 bits per heavy atom. The first-order valence-corrected chi connectivity index (χ1v) is 5.14. The average molecular weight is 237 g/mol. The maximum absolute atomic E-state index is 11.1. The van der Waals surface area contributed by atoms with Crippen molar-refractivity contribution in [3.8, 4) is 5.75 Å². The summed E-state index contributed by atoms with van der Waals surface area (Å²) in [7, 11) is 1.30. The molecule has 0 aliphatic rings. The molecule has 0 fully saturated rings. The van der Waals surface area contributed by atoms with Crippen molar-refractivity contribution in [2.45, 2.75) is 19.4 Å². The van der Waals surface area contributed by atoms with E-state index in [1.807, 2.05) is 0 Å². The van der Waals surface area contributed by atoms with Gasteiger partial charge in [-0.3, -0.25) is 4.79 Å². The van der Waals surface area contributed by atoms with Crippen LogP contribution in [-0.4, -0.2) is 25.1 Å². The van der Waals surface area contributed by atoms with Gasteiger partial charge in [-0.05, 0) is 24.6 Å². The van der Waals surface area contributed by atoms with Crippen LogP contribution < -0.4 is 10.5 Å². The van der Waals surface area contributed by atoms with Gasteiger partial charge in [0.25, 0.3) is 0 Å². The molecule has 0 aromatic heterocycles. The minimum absolute atomic E-state index is 0.187. The van der Waals surface area contributed by atoms with Crippen LogP contribution in [0.15, 0.2) is 24.3 Å². The molecule has 1 unspecified atom stereocenters. The third-order valence-electron chi connectivity index (χ3n) is 2.15. The Morgan fingerprint density at radius 1 is 1.29 bits per heavy atom. The number of primary amides is 1. The molecule has 1 aromatic rings. The monoisotopic (exact) mass is 237 g/mol. The van der Waals surface area contributed by atoms with E-state index in [2.05, 4.69) is 4.74 Å². The molecule has 0 radical (unpaired) electrons. The number of carbonyl (C=O) groups excluding carboxylic acids is 2. The van der Waals surface area contributed by atoms with Gasteiger partial charge in [-0.1, -0.05) is 12.1 Å². The highest BCUT2D eigenvalue weighted by molar-refractivity contribution is 5.76. The quantitative estimate of drug-likeness (QED) is 0.763. The minimum atomic E-state index is -0.665. The first kappa shape index (κ1) is 13.0. The third-order valence-corrected chi connectivity index (χ3v) is 2.15. The second-order valence-electron chi connectivity index (χ2n) is 3.57. The topological polar surface area (TPSA) is 78.6 Å². The highest BCUT2D eigenvalue weighted by Crippen LogP contribution is 2.14. The van der Waals surface area contributed by atoms with Crippen molar-refractivity contribution in [3.05, 3.63) is 29.8 Å². The largest absolute Gasteiger partial charge is 0.479 e. The van der Waals surface area contributed by atoms with Gasteiger partial charge in [-0.25, -0.2) is 4.79 Å². The van der Waals surface area contributed by atoms with Crippen LogP contribution in [0.2, 0.25) is 0 Å². The van der Waals surface area contributed by atoms with E-state index < -0.39 is 12.1 Å². The van der Waals surface area contributed by atoms with Crippen molar-refractivity contribution in [3.63, 3.8) is 0 Å². The van der Waals surface area contributed by atoms with Crippen molar-refractivity contribution >= 4 is 11.9 Å². The number of carbonyl (C=O) groups is 2. The summed E-state index contributed by atoms with van der Waals surface area (Å²) in [4.78, 5) is 21.8. The summed E-state index contributed by atoms with van der Waals surface area (Å²) >= 11 is 0. The highest BCUT2D eigenvalue weighted by atomic mass is 16.6. The molecule has 0 spiro atoms. The minimum Gasteiger partial charge on any atom is -0.479 e. The Labute approximate surface area is 99.5 Å². The highest BCUT2D eigenvalue weighted by Gasteiger charge is 2.14. The van der Waals surface area contributed by atoms with Crippen molar-refractivity contribution in [1.82, 2.24) is 0 Å². The molecule has 0 saturated carbocycles. The van der Waals surface area contributed by atoms with Crippen LogP contribution in [0.3, 0.4) is 0 Å². The molecule has 92 valence electrons. The number of hydrogen-bond donors (Lipinski definition) is 1.